The van der Waals surface area contributed by atoms with Gasteiger partial charge in [0.25, 0.3) is 0 Å². The molecule has 2 heterocycles. The van der Waals surface area contributed by atoms with Crippen LogP contribution in [0, 0.1) is 5.92 Å². The van der Waals surface area contributed by atoms with Crippen LogP contribution in [-0.4, -0.2) is 36.3 Å². The Morgan fingerprint density at radius 2 is 1.74 bits per heavy atom. The highest BCUT2D eigenvalue weighted by molar-refractivity contribution is 5.83. The molecule has 0 aromatic rings. The Labute approximate surface area is 114 Å². The van der Waals surface area contributed by atoms with Crippen molar-refractivity contribution in [2.75, 3.05) is 19.6 Å². The highest BCUT2D eigenvalue weighted by Crippen LogP contribution is 2.33. The number of carbonyl (C=O) groups excluding carboxylic acids is 2. The molecule has 104 valence electrons. The van der Waals surface area contributed by atoms with E-state index in [2.05, 4.69) is 5.32 Å². The van der Waals surface area contributed by atoms with Crippen molar-refractivity contribution < 1.29 is 9.59 Å². The van der Waals surface area contributed by atoms with Crippen molar-refractivity contribution in [1.82, 2.24) is 10.2 Å². The average molecular weight is 262 g/mol. The van der Waals surface area contributed by atoms with Crippen LogP contribution in [0.4, 0.5) is 0 Å². The molecule has 3 fully saturated rings. The molecule has 1 saturated carbocycles. The first-order valence-electron chi connectivity index (χ1n) is 7.49. The van der Waals surface area contributed by atoms with E-state index in [0.29, 0.717) is 13.0 Å². The van der Waals surface area contributed by atoms with E-state index >= 15 is 0 Å². The molecule has 1 N–H and O–H groups in total. The molecule has 0 spiro atoms. The topological polar surface area (TPSA) is 49.4 Å². The minimum absolute atomic E-state index is 0.00982. The Balaban J connectivity index is 1.53. The van der Waals surface area contributed by atoms with Crippen molar-refractivity contribution in [3.8, 4) is 0 Å². The quantitative estimate of drug-likeness (QED) is 0.730. The fraction of sp³-hybridized carbons (Fsp3) is 0.733. The molecule has 0 radical (unpaired) electrons. The lowest BCUT2D eigenvalue weighted by atomic mass is 9.84. The highest BCUT2D eigenvalue weighted by atomic mass is 16.2. The van der Waals surface area contributed by atoms with E-state index in [-0.39, 0.29) is 17.7 Å². The Hall–Kier alpha value is -1.32. The number of hydrogen-bond donors (Lipinski definition) is 1. The Bertz CT molecular complexity index is 402. The number of allylic oxidation sites excluding steroid dienone is 1. The largest absolute Gasteiger partial charge is 0.355 e. The van der Waals surface area contributed by atoms with E-state index in [4.69, 9.17) is 0 Å². The molecule has 4 heteroatoms. The number of nitrogens with one attached hydrogen (secondary N) is 1. The third-order valence-corrected chi connectivity index (χ3v) is 4.75. The first kappa shape index (κ1) is 12.7. The number of piperidine rings is 2. The summed E-state index contributed by atoms with van der Waals surface area (Å²) in [5, 5.41) is 2.80. The summed E-state index contributed by atoms with van der Waals surface area (Å²) < 4.78 is 0. The molecule has 19 heavy (non-hydrogen) atoms. The zero-order valence-electron chi connectivity index (χ0n) is 11.4. The smallest absolute Gasteiger partial charge is 0.227 e. The van der Waals surface area contributed by atoms with Gasteiger partial charge < -0.3 is 10.2 Å². The molecular formula is C15H22N2O2. The zero-order chi connectivity index (χ0) is 13.2. The van der Waals surface area contributed by atoms with E-state index in [0.717, 1.165) is 32.4 Å². The van der Waals surface area contributed by atoms with Crippen LogP contribution in [0.5, 0.6) is 0 Å². The summed E-state index contributed by atoms with van der Waals surface area (Å²) >= 11 is 0. The van der Waals surface area contributed by atoms with Crippen LogP contribution >= 0.6 is 0 Å². The van der Waals surface area contributed by atoms with Crippen LogP contribution in [0.15, 0.2) is 11.1 Å². The number of nitrogens with zero attached hydrogens (tertiary/aromatic N) is 1. The number of hydrogen-bond acceptors (Lipinski definition) is 2. The Kier molecular flexibility index (Phi) is 3.58. The maximum Gasteiger partial charge on any atom is 0.227 e. The SMILES string of the molecule is O=C1CCC(C(=O)N2CCC(=C3CCC3)CC2)CN1. The number of amides is 2. The van der Waals surface area contributed by atoms with Gasteiger partial charge in [0.15, 0.2) is 0 Å². The third-order valence-electron chi connectivity index (χ3n) is 4.75. The maximum atomic E-state index is 12.4. The summed E-state index contributed by atoms with van der Waals surface area (Å²) in [6.45, 7) is 2.28. The lowest BCUT2D eigenvalue weighted by Crippen LogP contribution is -2.46. The summed E-state index contributed by atoms with van der Waals surface area (Å²) in [5.74, 6) is 0.341. The monoisotopic (exact) mass is 262 g/mol. The van der Waals surface area contributed by atoms with Gasteiger partial charge in [-0.05, 0) is 38.5 Å². The average Bonchev–Trinajstić information content (AvgIpc) is 2.38. The molecule has 1 atom stereocenters. The lowest BCUT2D eigenvalue weighted by molar-refractivity contribution is -0.137. The van der Waals surface area contributed by atoms with E-state index in [1.807, 2.05) is 4.90 Å². The molecule has 2 aliphatic heterocycles. The van der Waals surface area contributed by atoms with Gasteiger partial charge in [0.1, 0.15) is 0 Å². The van der Waals surface area contributed by atoms with Gasteiger partial charge in [-0.2, -0.15) is 0 Å². The maximum absolute atomic E-state index is 12.4. The summed E-state index contributed by atoms with van der Waals surface area (Å²) in [4.78, 5) is 25.5. The van der Waals surface area contributed by atoms with Crippen LogP contribution < -0.4 is 5.32 Å². The summed E-state index contributed by atoms with van der Waals surface area (Å²) in [6.07, 6.45) is 7.29. The Morgan fingerprint density at radius 3 is 2.26 bits per heavy atom. The van der Waals surface area contributed by atoms with Crippen LogP contribution in [0.25, 0.3) is 0 Å². The molecule has 2 saturated heterocycles. The van der Waals surface area contributed by atoms with Gasteiger partial charge in [0.2, 0.25) is 11.8 Å². The minimum atomic E-state index is 0.00982. The van der Waals surface area contributed by atoms with E-state index in [1.54, 1.807) is 11.1 Å². The van der Waals surface area contributed by atoms with Crippen molar-refractivity contribution in [1.29, 1.82) is 0 Å². The number of likely N-dealkylation sites (tertiary alicyclic amines) is 1. The molecule has 4 nitrogen and oxygen atoms in total. The van der Waals surface area contributed by atoms with E-state index < -0.39 is 0 Å². The predicted octanol–water partition coefficient (Wildman–Crippen LogP) is 1.62. The van der Waals surface area contributed by atoms with E-state index in [1.165, 1.54) is 19.3 Å². The number of carbonyl (C=O) groups is 2. The molecule has 2 amide bonds. The second-order valence-electron chi connectivity index (χ2n) is 5.93. The second-order valence-corrected chi connectivity index (χ2v) is 5.93. The number of rotatable bonds is 1. The van der Waals surface area contributed by atoms with Crippen molar-refractivity contribution in [2.45, 2.75) is 44.9 Å². The van der Waals surface area contributed by atoms with Gasteiger partial charge in [-0.3, -0.25) is 9.59 Å². The third kappa shape index (κ3) is 2.67. The zero-order valence-corrected chi connectivity index (χ0v) is 11.4. The van der Waals surface area contributed by atoms with E-state index in [9.17, 15) is 9.59 Å². The molecule has 0 aromatic carbocycles. The van der Waals surface area contributed by atoms with Crippen LogP contribution in [0.1, 0.15) is 44.9 Å². The van der Waals surface area contributed by atoms with Gasteiger partial charge in [-0.1, -0.05) is 11.1 Å². The second kappa shape index (κ2) is 5.35. The van der Waals surface area contributed by atoms with Crippen LogP contribution in [-0.2, 0) is 9.59 Å². The summed E-state index contributed by atoms with van der Waals surface area (Å²) in [5.41, 5.74) is 3.28. The first-order valence-corrected chi connectivity index (χ1v) is 7.49. The van der Waals surface area contributed by atoms with Crippen LogP contribution in [0.2, 0.25) is 0 Å². The van der Waals surface area contributed by atoms with Gasteiger partial charge in [-0.25, -0.2) is 0 Å². The van der Waals surface area contributed by atoms with Crippen LogP contribution in [0.3, 0.4) is 0 Å². The molecule has 0 bridgehead atoms. The molecule has 1 unspecified atom stereocenters. The summed E-state index contributed by atoms with van der Waals surface area (Å²) in [7, 11) is 0. The Morgan fingerprint density at radius 1 is 1.05 bits per heavy atom. The molecule has 3 aliphatic rings. The normalized spacial score (nSPS) is 27.9. The van der Waals surface area contributed by atoms with Crippen molar-refractivity contribution >= 4 is 11.8 Å². The fourth-order valence-electron chi connectivity index (χ4n) is 3.26. The molecular weight excluding hydrogens is 240 g/mol. The highest BCUT2D eigenvalue weighted by Gasteiger charge is 2.30. The van der Waals surface area contributed by atoms with Crippen molar-refractivity contribution in [3.05, 3.63) is 11.1 Å². The predicted molar refractivity (Wildman–Crippen MR) is 72.4 cm³/mol. The van der Waals surface area contributed by atoms with Gasteiger partial charge in [0.05, 0.1) is 5.92 Å². The molecule has 3 rings (SSSR count). The lowest BCUT2D eigenvalue weighted by Gasteiger charge is -2.35. The van der Waals surface area contributed by atoms with Gasteiger partial charge in [-0.15, -0.1) is 0 Å². The minimum Gasteiger partial charge on any atom is -0.355 e. The standard InChI is InChI=1S/C15H22N2O2/c18-14-5-4-13(10-16-14)15(19)17-8-6-12(7-9-17)11-2-1-3-11/h13H,1-10H2,(H,16,18). The van der Waals surface area contributed by atoms with Crippen molar-refractivity contribution in [3.63, 3.8) is 0 Å². The first-order chi connectivity index (χ1) is 9.24. The summed E-state index contributed by atoms with van der Waals surface area (Å²) in [6, 6.07) is 0. The van der Waals surface area contributed by atoms with Gasteiger partial charge >= 0.3 is 0 Å². The molecule has 0 aromatic heterocycles. The van der Waals surface area contributed by atoms with Crippen molar-refractivity contribution in [2.24, 2.45) is 5.92 Å². The molecule has 1 aliphatic carbocycles. The fourth-order valence-corrected chi connectivity index (χ4v) is 3.26. The van der Waals surface area contributed by atoms with Gasteiger partial charge in [0, 0.05) is 26.1 Å².